The summed E-state index contributed by atoms with van der Waals surface area (Å²) in [4.78, 5) is -0.0560. The molecular formula is C12H8F2N4O2S. The Labute approximate surface area is 118 Å². The highest BCUT2D eigenvalue weighted by atomic mass is 32.2. The maximum atomic E-state index is 13.1. The summed E-state index contributed by atoms with van der Waals surface area (Å²) in [6.07, 6.45) is 2.67. The zero-order valence-electron chi connectivity index (χ0n) is 10.4. The van der Waals surface area contributed by atoms with E-state index in [1.807, 2.05) is 0 Å². The van der Waals surface area contributed by atoms with Crippen molar-refractivity contribution in [1.29, 1.82) is 0 Å². The van der Waals surface area contributed by atoms with Crippen LogP contribution in [0, 0.1) is 11.6 Å². The normalized spacial score (nSPS) is 11.7. The molecule has 0 fully saturated rings. The first-order valence-corrected chi connectivity index (χ1v) is 7.21. The molecule has 0 atom stereocenters. The highest BCUT2D eigenvalue weighted by molar-refractivity contribution is 7.92. The predicted octanol–water partition coefficient (Wildman–Crippen LogP) is 1.81. The molecule has 2 aromatic heterocycles. The Bertz CT molecular complexity index is 924. The van der Waals surface area contributed by atoms with Gasteiger partial charge in [0.2, 0.25) is 0 Å². The molecule has 108 valence electrons. The van der Waals surface area contributed by atoms with Crippen LogP contribution < -0.4 is 4.72 Å². The molecule has 0 saturated heterocycles. The van der Waals surface area contributed by atoms with Gasteiger partial charge in [-0.05, 0) is 24.3 Å². The molecular weight excluding hydrogens is 302 g/mol. The highest BCUT2D eigenvalue weighted by Crippen LogP contribution is 2.18. The minimum Gasteiger partial charge on any atom is -0.288 e. The molecule has 0 saturated carbocycles. The Kier molecular flexibility index (Phi) is 3.05. The van der Waals surface area contributed by atoms with Gasteiger partial charge in [-0.25, -0.2) is 17.2 Å². The molecule has 1 N–H and O–H groups in total. The molecule has 3 aromatic rings. The number of fused-ring (bicyclic) bond motifs is 1. The molecule has 6 nitrogen and oxygen atoms in total. The summed E-state index contributed by atoms with van der Waals surface area (Å²) in [5, 5.41) is 7.39. The minimum absolute atomic E-state index is 0.0560. The summed E-state index contributed by atoms with van der Waals surface area (Å²) in [7, 11) is -3.93. The smallest absolute Gasteiger partial charge is 0.263 e. The number of benzene rings is 1. The van der Waals surface area contributed by atoms with Gasteiger partial charge in [-0.15, -0.1) is 10.2 Å². The van der Waals surface area contributed by atoms with Crippen molar-refractivity contribution in [3.8, 4) is 0 Å². The fraction of sp³-hybridized carbons (Fsp3) is 0. The molecule has 0 radical (unpaired) electrons. The number of rotatable bonds is 3. The Balaban J connectivity index is 1.97. The van der Waals surface area contributed by atoms with Crippen molar-refractivity contribution in [2.24, 2.45) is 0 Å². The Morgan fingerprint density at radius 2 is 1.90 bits per heavy atom. The van der Waals surface area contributed by atoms with Gasteiger partial charge in [-0.1, -0.05) is 0 Å². The van der Waals surface area contributed by atoms with Crippen molar-refractivity contribution in [2.75, 3.05) is 4.72 Å². The van der Waals surface area contributed by atoms with E-state index in [-0.39, 0.29) is 10.6 Å². The first-order valence-electron chi connectivity index (χ1n) is 5.73. The van der Waals surface area contributed by atoms with Crippen LogP contribution in [0.15, 0.2) is 47.8 Å². The van der Waals surface area contributed by atoms with Crippen LogP contribution in [-0.4, -0.2) is 23.0 Å². The largest absolute Gasteiger partial charge is 0.288 e. The summed E-state index contributed by atoms with van der Waals surface area (Å²) in [5.74, 6) is -2.19. The molecule has 9 heteroatoms. The van der Waals surface area contributed by atoms with Gasteiger partial charge < -0.3 is 0 Å². The number of halogens is 2. The summed E-state index contributed by atoms with van der Waals surface area (Å²) in [5.41, 5.74) is 0.416. The monoisotopic (exact) mass is 310 g/mol. The van der Waals surface area contributed by atoms with E-state index in [9.17, 15) is 17.2 Å². The number of nitrogens with zero attached hydrogens (tertiary/aromatic N) is 3. The van der Waals surface area contributed by atoms with Crippen LogP contribution in [0.1, 0.15) is 0 Å². The summed E-state index contributed by atoms with van der Waals surface area (Å²) in [6, 6.07) is 5.56. The SMILES string of the molecule is O=S(=O)(Nc1ccc(F)c(F)c1)c1ccc2nncn2c1. The van der Waals surface area contributed by atoms with E-state index in [1.54, 1.807) is 0 Å². The van der Waals surface area contributed by atoms with Crippen molar-refractivity contribution in [2.45, 2.75) is 4.90 Å². The van der Waals surface area contributed by atoms with E-state index < -0.39 is 21.7 Å². The second-order valence-electron chi connectivity index (χ2n) is 4.20. The Morgan fingerprint density at radius 3 is 2.67 bits per heavy atom. The molecule has 0 spiro atoms. The standard InChI is InChI=1S/C12H8F2N4O2S/c13-10-3-1-8(5-11(10)14)17-21(19,20)9-2-4-12-16-15-7-18(12)6-9/h1-7,17H. The Morgan fingerprint density at radius 1 is 1.10 bits per heavy atom. The molecule has 0 amide bonds. The number of hydrogen-bond donors (Lipinski definition) is 1. The van der Waals surface area contributed by atoms with E-state index in [4.69, 9.17) is 0 Å². The van der Waals surface area contributed by atoms with Gasteiger partial charge in [-0.2, -0.15) is 0 Å². The van der Waals surface area contributed by atoms with Crippen LogP contribution in [0.3, 0.4) is 0 Å². The van der Waals surface area contributed by atoms with Gasteiger partial charge >= 0.3 is 0 Å². The maximum Gasteiger partial charge on any atom is 0.263 e. The first kappa shape index (κ1) is 13.4. The van der Waals surface area contributed by atoms with E-state index in [2.05, 4.69) is 14.9 Å². The minimum atomic E-state index is -3.93. The summed E-state index contributed by atoms with van der Waals surface area (Å²) < 4.78 is 53.9. The van der Waals surface area contributed by atoms with E-state index >= 15 is 0 Å². The van der Waals surface area contributed by atoms with E-state index in [1.165, 1.54) is 29.1 Å². The first-order chi connectivity index (χ1) is 9.95. The molecule has 0 aliphatic heterocycles. The van der Waals surface area contributed by atoms with Gasteiger partial charge in [0.15, 0.2) is 17.3 Å². The fourth-order valence-electron chi connectivity index (χ4n) is 1.74. The number of anilines is 1. The van der Waals surface area contributed by atoms with Crippen molar-refractivity contribution >= 4 is 21.4 Å². The third-order valence-electron chi connectivity index (χ3n) is 2.75. The number of nitrogens with one attached hydrogen (secondary N) is 1. The summed E-state index contributed by atoms with van der Waals surface area (Å²) >= 11 is 0. The van der Waals surface area contributed by atoms with Crippen LogP contribution in [0.25, 0.3) is 5.65 Å². The molecule has 1 aromatic carbocycles. The zero-order valence-corrected chi connectivity index (χ0v) is 11.2. The number of aromatic nitrogens is 3. The second kappa shape index (κ2) is 4.77. The van der Waals surface area contributed by atoms with Crippen LogP contribution in [-0.2, 0) is 10.0 Å². The van der Waals surface area contributed by atoms with Gasteiger partial charge in [0.1, 0.15) is 11.2 Å². The van der Waals surface area contributed by atoms with Crippen LogP contribution >= 0.6 is 0 Å². The van der Waals surface area contributed by atoms with Gasteiger partial charge in [-0.3, -0.25) is 9.12 Å². The average Bonchev–Trinajstić information content (AvgIpc) is 2.90. The molecule has 0 aliphatic rings. The van der Waals surface area contributed by atoms with Crippen LogP contribution in [0.2, 0.25) is 0 Å². The fourth-order valence-corrected chi connectivity index (χ4v) is 2.79. The third kappa shape index (κ3) is 2.55. The molecule has 0 bridgehead atoms. The lowest BCUT2D eigenvalue weighted by Crippen LogP contribution is -2.13. The predicted molar refractivity (Wildman–Crippen MR) is 70.2 cm³/mol. The van der Waals surface area contributed by atoms with Crippen molar-refractivity contribution in [1.82, 2.24) is 14.6 Å². The van der Waals surface area contributed by atoms with Gasteiger partial charge in [0.25, 0.3) is 10.0 Å². The second-order valence-corrected chi connectivity index (χ2v) is 5.88. The van der Waals surface area contributed by atoms with E-state index in [0.717, 1.165) is 18.2 Å². The molecule has 21 heavy (non-hydrogen) atoms. The van der Waals surface area contributed by atoms with Crippen molar-refractivity contribution in [3.63, 3.8) is 0 Å². The van der Waals surface area contributed by atoms with Crippen molar-refractivity contribution < 1.29 is 17.2 Å². The molecule has 0 unspecified atom stereocenters. The molecule has 2 heterocycles. The van der Waals surface area contributed by atoms with Gasteiger partial charge in [0.05, 0.1) is 5.69 Å². The number of hydrogen-bond acceptors (Lipinski definition) is 4. The maximum absolute atomic E-state index is 13.1. The van der Waals surface area contributed by atoms with E-state index in [0.29, 0.717) is 5.65 Å². The lowest BCUT2D eigenvalue weighted by molar-refractivity contribution is 0.509. The number of sulfonamides is 1. The Hall–Kier alpha value is -2.55. The molecule has 3 rings (SSSR count). The quantitative estimate of drug-likeness (QED) is 0.800. The number of pyridine rings is 1. The molecule has 0 aliphatic carbocycles. The third-order valence-corrected chi connectivity index (χ3v) is 4.11. The zero-order chi connectivity index (χ0) is 15.0. The van der Waals surface area contributed by atoms with Crippen LogP contribution in [0.5, 0.6) is 0 Å². The lowest BCUT2D eigenvalue weighted by Gasteiger charge is -2.08. The highest BCUT2D eigenvalue weighted by Gasteiger charge is 2.16. The topological polar surface area (TPSA) is 76.4 Å². The van der Waals surface area contributed by atoms with Gasteiger partial charge in [0, 0.05) is 12.3 Å². The van der Waals surface area contributed by atoms with Crippen LogP contribution in [0.4, 0.5) is 14.5 Å². The average molecular weight is 310 g/mol. The van der Waals surface area contributed by atoms with Crippen molar-refractivity contribution in [3.05, 3.63) is 54.5 Å². The summed E-state index contributed by atoms with van der Waals surface area (Å²) in [6.45, 7) is 0. The lowest BCUT2D eigenvalue weighted by atomic mass is 10.3.